The van der Waals surface area contributed by atoms with Crippen LogP contribution in [0.25, 0.3) is 0 Å². The van der Waals surface area contributed by atoms with Crippen LogP contribution in [-0.4, -0.2) is 22.0 Å². The van der Waals surface area contributed by atoms with Gasteiger partial charge < -0.3 is 10.4 Å². The maximum Gasteiger partial charge on any atom is 0.338 e. The first-order chi connectivity index (χ1) is 9.13. The molecule has 2 N–H and O–H groups in total. The molecular weight excluding hydrogens is 266 g/mol. The Kier molecular flexibility index (Phi) is 3.54. The number of anilines is 1. The highest BCUT2D eigenvalue weighted by atomic mass is 32.1. The van der Waals surface area contributed by atoms with E-state index in [0.29, 0.717) is 10.6 Å². The molecule has 6 nitrogen and oxygen atoms in total. The van der Waals surface area contributed by atoms with Crippen LogP contribution in [0.1, 0.15) is 26.4 Å². The number of carboxylic acids is 1. The minimum absolute atomic E-state index is 0.185. The van der Waals surface area contributed by atoms with Crippen molar-refractivity contribution >= 4 is 28.2 Å². The number of hydrogen-bond donors (Lipinski definition) is 2. The van der Waals surface area contributed by atoms with Gasteiger partial charge in [-0.05, 0) is 23.6 Å². The van der Waals surface area contributed by atoms with E-state index in [0.717, 1.165) is 0 Å². The third-order valence-electron chi connectivity index (χ3n) is 2.27. The standard InChI is InChI=1S/C12H7N3O3S/c13-6-7-3-5-19-11(7)15-10(16)9-8(12(17)18)2-1-4-14-9/h1-5H,(H,15,16)(H,17,18). The van der Waals surface area contributed by atoms with Gasteiger partial charge >= 0.3 is 5.97 Å². The lowest BCUT2D eigenvalue weighted by molar-refractivity contribution is 0.0691. The fourth-order valence-electron chi connectivity index (χ4n) is 1.42. The van der Waals surface area contributed by atoms with Crippen molar-refractivity contribution in [3.63, 3.8) is 0 Å². The summed E-state index contributed by atoms with van der Waals surface area (Å²) in [5.41, 5.74) is -0.0477. The third kappa shape index (κ3) is 2.59. The van der Waals surface area contributed by atoms with Gasteiger partial charge in [-0.2, -0.15) is 5.26 Å². The Balaban J connectivity index is 2.31. The van der Waals surface area contributed by atoms with Crippen molar-refractivity contribution in [2.45, 2.75) is 0 Å². The number of nitrogens with zero attached hydrogens (tertiary/aromatic N) is 2. The van der Waals surface area contributed by atoms with Crippen LogP contribution in [0, 0.1) is 11.3 Å². The number of hydrogen-bond acceptors (Lipinski definition) is 5. The summed E-state index contributed by atoms with van der Waals surface area (Å²) in [5.74, 6) is -1.89. The number of amides is 1. The van der Waals surface area contributed by atoms with Crippen LogP contribution in [0.5, 0.6) is 0 Å². The van der Waals surface area contributed by atoms with Gasteiger partial charge in [0.1, 0.15) is 16.8 Å². The van der Waals surface area contributed by atoms with Crippen molar-refractivity contribution in [2.24, 2.45) is 0 Å². The number of aromatic nitrogens is 1. The predicted molar refractivity (Wildman–Crippen MR) is 68.2 cm³/mol. The highest BCUT2D eigenvalue weighted by Gasteiger charge is 2.18. The van der Waals surface area contributed by atoms with E-state index in [2.05, 4.69) is 10.3 Å². The predicted octanol–water partition coefficient (Wildman–Crippen LogP) is 1.97. The molecule has 0 atom stereocenters. The second-order valence-corrected chi connectivity index (χ2v) is 4.35. The van der Waals surface area contributed by atoms with Crippen LogP contribution in [0.15, 0.2) is 29.8 Å². The molecular formula is C12H7N3O3S. The van der Waals surface area contributed by atoms with E-state index in [1.807, 2.05) is 6.07 Å². The monoisotopic (exact) mass is 273 g/mol. The molecule has 0 spiro atoms. The Morgan fingerprint density at radius 2 is 2.21 bits per heavy atom. The van der Waals surface area contributed by atoms with Gasteiger partial charge in [-0.15, -0.1) is 11.3 Å². The molecule has 0 aliphatic rings. The molecule has 1 amide bonds. The summed E-state index contributed by atoms with van der Waals surface area (Å²) < 4.78 is 0. The van der Waals surface area contributed by atoms with Crippen molar-refractivity contribution in [2.75, 3.05) is 5.32 Å². The molecule has 2 heterocycles. The molecule has 0 unspecified atom stereocenters. The number of carbonyl (C=O) groups excluding carboxylic acids is 1. The Labute approximate surface area is 112 Å². The lowest BCUT2D eigenvalue weighted by Gasteiger charge is -2.05. The lowest BCUT2D eigenvalue weighted by Crippen LogP contribution is -2.18. The number of rotatable bonds is 3. The van der Waals surface area contributed by atoms with Crippen LogP contribution in [-0.2, 0) is 0 Å². The average Bonchev–Trinajstić information content (AvgIpc) is 2.85. The molecule has 94 valence electrons. The number of nitriles is 1. The van der Waals surface area contributed by atoms with Crippen LogP contribution < -0.4 is 5.32 Å². The molecule has 0 aliphatic heterocycles. The molecule has 0 radical (unpaired) electrons. The highest BCUT2D eigenvalue weighted by molar-refractivity contribution is 7.14. The Morgan fingerprint density at radius 1 is 1.42 bits per heavy atom. The van der Waals surface area contributed by atoms with Gasteiger partial charge in [0.2, 0.25) is 0 Å². The largest absolute Gasteiger partial charge is 0.478 e. The second-order valence-electron chi connectivity index (χ2n) is 3.43. The van der Waals surface area contributed by atoms with Gasteiger partial charge in [0.05, 0.1) is 11.1 Å². The van der Waals surface area contributed by atoms with Gasteiger partial charge in [0, 0.05) is 6.20 Å². The van der Waals surface area contributed by atoms with E-state index in [9.17, 15) is 9.59 Å². The van der Waals surface area contributed by atoms with Gasteiger partial charge in [0.15, 0.2) is 0 Å². The smallest absolute Gasteiger partial charge is 0.338 e. The Bertz CT molecular complexity index is 688. The molecule has 0 aliphatic carbocycles. The fraction of sp³-hybridized carbons (Fsp3) is 0. The quantitative estimate of drug-likeness (QED) is 0.889. The third-order valence-corrected chi connectivity index (χ3v) is 3.10. The first-order valence-corrected chi connectivity index (χ1v) is 5.98. The molecule has 2 aromatic rings. The van der Waals surface area contributed by atoms with Gasteiger partial charge in [-0.3, -0.25) is 9.78 Å². The number of carboxylic acid groups (broad SMARTS) is 1. The first-order valence-electron chi connectivity index (χ1n) is 5.10. The van der Waals surface area contributed by atoms with Crippen molar-refractivity contribution in [3.05, 3.63) is 46.6 Å². The summed E-state index contributed by atoms with van der Waals surface area (Å²) in [5, 5.41) is 22.3. The van der Waals surface area contributed by atoms with E-state index < -0.39 is 11.9 Å². The molecule has 0 saturated heterocycles. The van der Waals surface area contributed by atoms with E-state index in [1.54, 1.807) is 11.4 Å². The molecule has 0 saturated carbocycles. The lowest BCUT2D eigenvalue weighted by atomic mass is 10.2. The molecule has 2 aromatic heterocycles. The van der Waals surface area contributed by atoms with E-state index >= 15 is 0 Å². The minimum atomic E-state index is -1.23. The number of aromatic carboxylic acids is 1. The number of pyridine rings is 1. The number of carbonyl (C=O) groups is 2. The zero-order valence-corrected chi connectivity index (χ0v) is 10.3. The second kappa shape index (κ2) is 5.29. The van der Waals surface area contributed by atoms with Crippen molar-refractivity contribution in [1.29, 1.82) is 5.26 Å². The minimum Gasteiger partial charge on any atom is -0.478 e. The summed E-state index contributed by atoms with van der Waals surface area (Å²) >= 11 is 1.18. The highest BCUT2D eigenvalue weighted by Crippen LogP contribution is 2.23. The van der Waals surface area contributed by atoms with Crippen molar-refractivity contribution in [3.8, 4) is 6.07 Å². The summed E-state index contributed by atoms with van der Waals surface area (Å²) in [6.45, 7) is 0. The van der Waals surface area contributed by atoms with E-state index in [1.165, 1.54) is 29.7 Å². The van der Waals surface area contributed by atoms with E-state index in [-0.39, 0.29) is 11.3 Å². The number of nitrogens with one attached hydrogen (secondary N) is 1. The zero-order valence-electron chi connectivity index (χ0n) is 9.45. The maximum atomic E-state index is 12.0. The van der Waals surface area contributed by atoms with Gasteiger partial charge in [0.25, 0.3) is 5.91 Å². The molecule has 19 heavy (non-hydrogen) atoms. The topological polar surface area (TPSA) is 103 Å². The maximum absolute atomic E-state index is 12.0. The molecule has 0 bridgehead atoms. The normalized spacial score (nSPS) is 9.63. The first kappa shape index (κ1) is 12.7. The van der Waals surface area contributed by atoms with Crippen LogP contribution in [0.4, 0.5) is 5.00 Å². The summed E-state index contributed by atoms with van der Waals surface area (Å²) in [4.78, 5) is 26.7. The van der Waals surface area contributed by atoms with Gasteiger partial charge in [-0.1, -0.05) is 0 Å². The molecule has 0 fully saturated rings. The summed E-state index contributed by atoms with van der Waals surface area (Å²) in [7, 11) is 0. The summed E-state index contributed by atoms with van der Waals surface area (Å²) in [6, 6.07) is 6.23. The van der Waals surface area contributed by atoms with E-state index in [4.69, 9.17) is 10.4 Å². The molecule has 0 aromatic carbocycles. The summed E-state index contributed by atoms with van der Waals surface area (Å²) in [6.07, 6.45) is 1.33. The van der Waals surface area contributed by atoms with Crippen LogP contribution in [0.2, 0.25) is 0 Å². The van der Waals surface area contributed by atoms with Crippen molar-refractivity contribution in [1.82, 2.24) is 4.98 Å². The van der Waals surface area contributed by atoms with Crippen LogP contribution in [0.3, 0.4) is 0 Å². The number of thiophene rings is 1. The Morgan fingerprint density at radius 3 is 2.89 bits per heavy atom. The van der Waals surface area contributed by atoms with Crippen molar-refractivity contribution < 1.29 is 14.7 Å². The Hall–Kier alpha value is -2.72. The molecule has 2 rings (SSSR count). The average molecular weight is 273 g/mol. The van der Waals surface area contributed by atoms with Crippen LogP contribution >= 0.6 is 11.3 Å². The molecule has 7 heteroatoms. The SMILES string of the molecule is N#Cc1ccsc1NC(=O)c1ncccc1C(=O)O. The fourth-order valence-corrected chi connectivity index (χ4v) is 2.15. The zero-order chi connectivity index (χ0) is 13.8. The van der Waals surface area contributed by atoms with Gasteiger partial charge in [-0.25, -0.2) is 4.79 Å².